The summed E-state index contributed by atoms with van der Waals surface area (Å²) < 4.78 is 7.99. The quantitative estimate of drug-likeness (QED) is 0.944. The number of halogens is 1. The monoisotopic (exact) mass is 310 g/mol. The normalized spacial score (nSPS) is 12.4. The first-order valence-corrected chi connectivity index (χ1v) is 6.56. The third-order valence-corrected chi connectivity index (χ3v) is 3.21. The van der Waals surface area contributed by atoms with E-state index in [9.17, 15) is 5.11 Å². The van der Waals surface area contributed by atoms with Gasteiger partial charge >= 0.3 is 0 Å². The van der Waals surface area contributed by atoms with E-state index in [0.29, 0.717) is 6.61 Å². The number of rotatable bonds is 4. The second-order valence-electron chi connectivity index (χ2n) is 3.94. The first-order chi connectivity index (χ1) is 8.61. The number of benzene rings is 1. The fraction of sp³-hybridized carbons (Fsp3) is 0.308. The molecular formula is C13H15BrN2O2. The molecule has 0 unspecified atom stereocenters. The molecule has 0 aliphatic carbocycles. The minimum absolute atomic E-state index is 0.480. The molecule has 0 saturated carbocycles. The SMILES string of the molecule is CCOc1cnn(-c2ccc([C@H](C)O)cc2Br)c1. The van der Waals surface area contributed by atoms with E-state index >= 15 is 0 Å². The molecule has 1 N–H and O–H groups in total. The summed E-state index contributed by atoms with van der Waals surface area (Å²) in [7, 11) is 0. The lowest BCUT2D eigenvalue weighted by Gasteiger charge is -2.09. The van der Waals surface area contributed by atoms with Gasteiger partial charge in [0.25, 0.3) is 0 Å². The van der Waals surface area contributed by atoms with Crippen molar-refractivity contribution in [1.29, 1.82) is 0 Å². The molecule has 0 radical (unpaired) electrons. The smallest absolute Gasteiger partial charge is 0.157 e. The maximum absolute atomic E-state index is 9.52. The average Bonchev–Trinajstić information content (AvgIpc) is 2.77. The summed E-state index contributed by atoms with van der Waals surface area (Å²) in [5, 5.41) is 13.8. The number of ether oxygens (including phenoxy) is 1. The number of hydrogen-bond donors (Lipinski definition) is 1. The molecule has 5 heteroatoms. The Morgan fingerprint density at radius 3 is 2.89 bits per heavy atom. The largest absolute Gasteiger partial charge is 0.491 e. The molecule has 18 heavy (non-hydrogen) atoms. The van der Waals surface area contributed by atoms with Crippen molar-refractivity contribution in [2.45, 2.75) is 20.0 Å². The standard InChI is InChI=1S/C13H15BrN2O2/c1-3-18-11-7-15-16(8-11)13-5-4-10(9(2)17)6-12(13)14/h4-9,17H,3H2,1-2H3/t9-/m0/s1. The van der Waals surface area contributed by atoms with Crippen LogP contribution in [0, 0.1) is 0 Å². The third kappa shape index (κ3) is 2.73. The number of aliphatic hydroxyl groups excluding tert-OH is 1. The van der Waals surface area contributed by atoms with Crippen molar-refractivity contribution in [1.82, 2.24) is 9.78 Å². The van der Waals surface area contributed by atoms with Gasteiger partial charge < -0.3 is 9.84 Å². The zero-order valence-corrected chi connectivity index (χ0v) is 11.9. The van der Waals surface area contributed by atoms with Gasteiger partial charge in [-0.25, -0.2) is 4.68 Å². The molecule has 1 atom stereocenters. The van der Waals surface area contributed by atoms with Crippen molar-refractivity contribution in [2.24, 2.45) is 0 Å². The van der Waals surface area contributed by atoms with Gasteiger partial charge in [0.15, 0.2) is 5.75 Å². The Labute approximate surface area is 114 Å². The summed E-state index contributed by atoms with van der Waals surface area (Å²) in [6, 6.07) is 5.68. The van der Waals surface area contributed by atoms with E-state index in [1.165, 1.54) is 0 Å². The Balaban J connectivity index is 2.32. The predicted molar refractivity (Wildman–Crippen MR) is 73.1 cm³/mol. The molecule has 0 fully saturated rings. The summed E-state index contributed by atoms with van der Waals surface area (Å²) in [6.07, 6.45) is 3.02. The van der Waals surface area contributed by atoms with E-state index in [1.54, 1.807) is 17.8 Å². The average molecular weight is 311 g/mol. The van der Waals surface area contributed by atoms with Crippen LogP contribution in [0.3, 0.4) is 0 Å². The lowest BCUT2D eigenvalue weighted by atomic mass is 10.1. The van der Waals surface area contributed by atoms with Crippen LogP contribution in [0.25, 0.3) is 5.69 Å². The Hall–Kier alpha value is -1.33. The molecule has 1 aromatic heterocycles. The molecule has 0 spiro atoms. The fourth-order valence-corrected chi connectivity index (χ4v) is 2.23. The predicted octanol–water partition coefficient (Wildman–Crippen LogP) is 3.09. The summed E-state index contributed by atoms with van der Waals surface area (Å²) >= 11 is 3.49. The van der Waals surface area contributed by atoms with E-state index < -0.39 is 6.10 Å². The van der Waals surface area contributed by atoms with Crippen molar-refractivity contribution in [3.8, 4) is 11.4 Å². The van der Waals surface area contributed by atoms with Crippen molar-refractivity contribution >= 4 is 15.9 Å². The van der Waals surface area contributed by atoms with Crippen LogP contribution in [-0.2, 0) is 0 Å². The van der Waals surface area contributed by atoms with Gasteiger partial charge in [0.2, 0.25) is 0 Å². The van der Waals surface area contributed by atoms with Crippen LogP contribution in [0.5, 0.6) is 5.75 Å². The van der Waals surface area contributed by atoms with Crippen molar-refractivity contribution in [3.63, 3.8) is 0 Å². The number of nitrogens with zero attached hydrogens (tertiary/aromatic N) is 2. The van der Waals surface area contributed by atoms with E-state index in [2.05, 4.69) is 21.0 Å². The second-order valence-corrected chi connectivity index (χ2v) is 4.79. The lowest BCUT2D eigenvalue weighted by molar-refractivity contribution is 0.199. The van der Waals surface area contributed by atoms with Crippen molar-refractivity contribution in [2.75, 3.05) is 6.61 Å². The van der Waals surface area contributed by atoms with E-state index in [0.717, 1.165) is 21.5 Å². The Morgan fingerprint density at radius 2 is 2.28 bits per heavy atom. The highest BCUT2D eigenvalue weighted by molar-refractivity contribution is 9.10. The maximum Gasteiger partial charge on any atom is 0.157 e. The topological polar surface area (TPSA) is 47.3 Å². The molecule has 4 nitrogen and oxygen atoms in total. The molecule has 2 aromatic rings. The molecule has 0 aliphatic rings. The van der Waals surface area contributed by atoms with Gasteiger partial charge in [-0.15, -0.1) is 0 Å². The van der Waals surface area contributed by atoms with Crippen LogP contribution in [0.2, 0.25) is 0 Å². The fourth-order valence-electron chi connectivity index (χ4n) is 1.65. The summed E-state index contributed by atoms with van der Waals surface area (Å²) in [4.78, 5) is 0. The third-order valence-electron chi connectivity index (χ3n) is 2.57. The van der Waals surface area contributed by atoms with Crippen LogP contribution in [0.4, 0.5) is 0 Å². The van der Waals surface area contributed by atoms with E-state index in [-0.39, 0.29) is 0 Å². The van der Waals surface area contributed by atoms with Gasteiger partial charge in [0.1, 0.15) is 0 Å². The van der Waals surface area contributed by atoms with E-state index in [4.69, 9.17) is 4.74 Å². The van der Waals surface area contributed by atoms with Gasteiger partial charge in [-0.1, -0.05) is 6.07 Å². The molecule has 1 heterocycles. The molecule has 0 amide bonds. The maximum atomic E-state index is 9.52. The van der Waals surface area contributed by atoms with E-state index in [1.807, 2.05) is 31.3 Å². The van der Waals surface area contributed by atoms with Crippen molar-refractivity contribution < 1.29 is 9.84 Å². The van der Waals surface area contributed by atoms with Crippen molar-refractivity contribution in [3.05, 3.63) is 40.6 Å². The molecular weight excluding hydrogens is 296 g/mol. The minimum Gasteiger partial charge on any atom is -0.491 e. The van der Waals surface area contributed by atoms with Crippen LogP contribution in [0.1, 0.15) is 25.5 Å². The number of hydrogen-bond acceptors (Lipinski definition) is 3. The van der Waals surface area contributed by atoms with Crippen LogP contribution >= 0.6 is 15.9 Å². The molecule has 0 saturated heterocycles. The Kier molecular flexibility index (Phi) is 4.04. The Morgan fingerprint density at radius 1 is 1.50 bits per heavy atom. The molecule has 1 aromatic carbocycles. The van der Waals surface area contributed by atoms with Gasteiger partial charge in [-0.3, -0.25) is 0 Å². The highest BCUT2D eigenvalue weighted by Gasteiger charge is 2.08. The van der Waals surface area contributed by atoms with Gasteiger partial charge in [0, 0.05) is 4.47 Å². The summed E-state index contributed by atoms with van der Waals surface area (Å²) in [6.45, 7) is 4.29. The Bertz CT molecular complexity index is 538. The number of aliphatic hydroxyl groups is 1. The lowest BCUT2D eigenvalue weighted by Crippen LogP contribution is -1.98. The van der Waals surface area contributed by atoms with Gasteiger partial charge in [-0.2, -0.15) is 5.10 Å². The first kappa shape index (κ1) is 13.1. The van der Waals surface area contributed by atoms with Gasteiger partial charge in [0.05, 0.1) is 30.8 Å². The zero-order chi connectivity index (χ0) is 13.1. The van der Waals surface area contributed by atoms with Crippen LogP contribution < -0.4 is 4.74 Å². The second kappa shape index (κ2) is 5.54. The molecule has 2 rings (SSSR count). The number of aromatic nitrogens is 2. The van der Waals surface area contributed by atoms with Crippen LogP contribution in [0.15, 0.2) is 35.1 Å². The van der Waals surface area contributed by atoms with Gasteiger partial charge in [-0.05, 0) is 47.5 Å². The summed E-state index contributed by atoms with van der Waals surface area (Å²) in [5.74, 6) is 0.740. The highest BCUT2D eigenvalue weighted by atomic mass is 79.9. The minimum atomic E-state index is -0.480. The molecule has 96 valence electrons. The molecule has 0 bridgehead atoms. The zero-order valence-electron chi connectivity index (χ0n) is 10.3. The summed E-state index contributed by atoms with van der Waals surface area (Å²) in [5.41, 5.74) is 1.77. The first-order valence-electron chi connectivity index (χ1n) is 5.77. The van der Waals surface area contributed by atoms with Crippen LogP contribution in [-0.4, -0.2) is 21.5 Å². The molecule has 0 aliphatic heterocycles. The highest BCUT2D eigenvalue weighted by Crippen LogP contribution is 2.26.